The molecule has 0 amide bonds. The first kappa shape index (κ1) is 15.0. The van der Waals surface area contributed by atoms with Crippen LogP contribution in [0.1, 0.15) is 83.5 Å². The van der Waals surface area contributed by atoms with Gasteiger partial charge < -0.3 is 10.3 Å². The van der Waals surface area contributed by atoms with Gasteiger partial charge in [-0.3, -0.25) is 0 Å². The minimum absolute atomic E-state index is 0.192. The van der Waals surface area contributed by atoms with Gasteiger partial charge in [-0.25, -0.2) is 0 Å². The van der Waals surface area contributed by atoms with E-state index in [1.807, 2.05) is 6.33 Å². The highest BCUT2D eigenvalue weighted by Crippen LogP contribution is 2.49. The van der Waals surface area contributed by atoms with Gasteiger partial charge in [-0.15, -0.1) is 10.2 Å². The normalized spacial score (nSPS) is 34.0. The van der Waals surface area contributed by atoms with Crippen molar-refractivity contribution in [3.05, 3.63) is 12.2 Å². The van der Waals surface area contributed by atoms with Crippen molar-refractivity contribution in [2.45, 2.75) is 83.7 Å². The van der Waals surface area contributed by atoms with Crippen molar-refractivity contribution in [3.8, 4) is 0 Å². The Kier molecular flexibility index (Phi) is 4.08. The lowest BCUT2D eigenvalue weighted by atomic mass is 9.61. The minimum Gasteiger partial charge on any atom is -0.327 e. The molecule has 0 saturated heterocycles. The van der Waals surface area contributed by atoms with E-state index >= 15 is 0 Å². The summed E-state index contributed by atoms with van der Waals surface area (Å²) in [5, 5.41) is 8.81. The Morgan fingerprint density at radius 3 is 2.57 bits per heavy atom. The van der Waals surface area contributed by atoms with Crippen molar-refractivity contribution in [1.82, 2.24) is 14.8 Å². The second-order valence-corrected chi connectivity index (χ2v) is 7.79. The molecule has 1 aromatic rings. The summed E-state index contributed by atoms with van der Waals surface area (Å²) < 4.78 is 2.40. The van der Waals surface area contributed by atoms with E-state index in [1.54, 1.807) is 0 Å². The number of nitrogens with zero attached hydrogens (tertiary/aromatic N) is 3. The predicted molar refractivity (Wildman–Crippen MR) is 85.0 cm³/mol. The van der Waals surface area contributed by atoms with Gasteiger partial charge >= 0.3 is 0 Å². The topological polar surface area (TPSA) is 56.7 Å². The number of rotatable bonds is 2. The van der Waals surface area contributed by atoms with E-state index in [4.69, 9.17) is 5.73 Å². The van der Waals surface area contributed by atoms with Gasteiger partial charge in [0.05, 0.1) is 0 Å². The van der Waals surface area contributed by atoms with Gasteiger partial charge in [0.15, 0.2) is 0 Å². The van der Waals surface area contributed by atoms with Crippen molar-refractivity contribution in [2.24, 2.45) is 17.1 Å². The van der Waals surface area contributed by atoms with E-state index in [2.05, 4.69) is 35.5 Å². The molecule has 2 aliphatic rings. The van der Waals surface area contributed by atoms with Crippen LogP contribution in [0.2, 0.25) is 0 Å². The average molecular weight is 290 g/mol. The summed E-state index contributed by atoms with van der Waals surface area (Å²) in [7, 11) is 0. The third-order valence-corrected chi connectivity index (χ3v) is 6.38. The third kappa shape index (κ3) is 2.63. The molecule has 4 nitrogen and oxygen atoms in total. The standard InChI is InChI=1S/C17H30N4/c1-12-15(18)10-9-14(17(12,2)3)16-20-19-11-21(16)13-7-5-4-6-8-13/h11-15H,4-10,18H2,1-3H3. The molecule has 2 aliphatic carbocycles. The fourth-order valence-corrected chi connectivity index (χ4v) is 4.45. The Labute approximate surface area is 128 Å². The molecule has 0 radical (unpaired) electrons. The summed E-state index contributed by atoms with van der Waals surface area (Å²) in [6.45, 7) is 7.03. The molecule has 3 rings (SSSR count). The van der Waals surface area contributed by atoms with E-state index in [0.717, 1.165) is 12.8 Å². The van der Waals surface area contributed by atoms with Gasteiger partial charge in [-0.1, -0.05) is 40.0 Å². The first-order valence-corrected chi connectivity index (χ1v) is 8.66. The Balaban J connectivity index is 1.88. The molecule has 2 N–H and O–H groups in total. The third-order valence-electron chi connectivity index (χ3n) is 6.38. The molecule has 118 valence electrons. The minimum atomic E-state index is 0.192. The SMILES string of the molecule is CC1C(N)CCC(c2nncn2C2CCCCC2)C1(C)C. The lowest BCUT2D eigenvalue weighted by molar-refractivity contribution is 0.0909. The summed E-state index contributed by atoms with van der Waals surface area (Å²) in [5.41, 5.74) is 6.50. The number of hydrogen-bond donors (Lipinski definition) is 1. The summed E-state index contributed by atoms with van der Waals surface area (Å²) in [5.74, 6) is 2.22. The molecule has 1 heterocycles. The Morgan fingerprint density at radius 1 is 1.14 bits per heavy atom. The quantitative estimate of drug-likeness (QED) is 0.904. The van der Waals surface area contributed by atoms with Crippen LogP contribution >= 0.6 is 0 Å². The zero-order valence-electron chi connectivity index (χ0n) is 13.8. The molecule has 4 heteroatoms. The molecule has 0 spiro atoms. The van der Waals surface area contributed by atoms with E-state index in [-0.39, 0.29) is 5.41 Å². The largest absolute Gasteiger partial charge is 0.327 e. The second-order valence-electron chi connectivity index (χ2n) is 7.79. The molecule has 3 unspecified atom stereocenters. The molecular weight excluding hydrogens is 260 g/mol. The first-order chi connectivity index (χ1) is 10.0. The van der Waals surface area contributed by atoms with Gasteiger partial charge in [0.2, 0.25) is 0 Å². The predicted octanol–water partition coefficient (Wildman–Crippen LogP) is 3.65. The van der Waals surface area contributed by atoms with Gasteiger partial charge in [0.25, 0.3) is 0 Å². The van der Waals surface area contributed by atoms with Gasteiger partial charge in [-0.2, -0.15) is 0 Å². The second kappa shape index (κ2) is 5.71. The highest BCUT2D eigenvalue weighted by Gasteiger charge is 2.44. The van der Waals surface area contributed by atoms with E-state index in [1.165, 1.54) is 37.9 Å². The molecule has 0 aromatic carbocycles. The van der Waals surface area contributed by atoms with Crippen molar-refractivity contribution in [2.75, 3.05) is 0 Å². The van der Waals surface area contributed by atoms with Gasteiger partial charge in [0.1, 0.15) is 12.2 Å². The van der Waals surface area contributed by atoms with E-state index in [0.29, 0.717) is 23.9 Å². The molecule has 0 bridgehead atoms. The number of aromatic nitrogens is 3. The Bertz CT molecular complexity index is 473. The summed E-state index contributed by atoms with van der Waals surface area (Å²) in [4.78, 5) is 0. The maximum atomic E-state index is 6.31. The van der Waals surface area contributed by atoms with Crippen LogP contribution in [0.3, 0.4) is 0 Å². The zero-order chi connectivity index (χ0) is 15.0. The molecule has 21 heavy (non-hydrogen) atoms. The monoisotopic (exact) mass is 290 g/mol. The number of hydrogen-bond acceptors (Lipinski definition) is 3. The van der Waals surface area contributed by atoms with E-state index < -0.39 is 0 Å². The van der Waals surface area contributed by atoms with Crippen LogP contribution in [-0.2, 0) is 0 Å². The average Bonchev–Trinajstić information content (AvgIpc) is 2.95. The van der Waals surface area contributed by atoms with Gasteiger partial charge in [-0.05, 0) is 37.0 Å². The van der Waals surface area contributed by atoms with Crippen LogP contribution in [0.15, 0.2) is 6.33 Å². The zero-order valence-corrected chi connectivity index (χ0v) is 13.8. The lowest BCUT2D eigenvalue weighted by Crippen LogP contribution is -2.46. The summed E-state index contributed by atoms with van der Waals surface area (Å²) >= 11 is 0. The maximum Gasteiger partial charge on any atom is 0.136 e. The highest BCUT2D eigenvalue weighted by atomic mass is 15.3. The molecule has 2 saturated carbocycles. The maximum absolute atomic E-state index is 6.31. The highest BCUT2D eigenvalue weighted by molar-refractivity contribution is 5.09. The summed E-state index contributed by atoms with van der Waals surface area (Å²) in [6.07, 6.45) is 10.9. The van der Waals surface area contributed by atoms with Gasteiger partial charge in [0, 0.05) is 18.0 Å². The van der Waals surface area contributed by atoms with Crippen molar-refractivity contribution in [1.29, 1.82) is 0 Å². The van der Waals surface area contributed by atoms with Crippen LogP contribution in [0.5, 0.6) is 0 Å². The van der Waals surface area contributed by atoms with Crippen LogP contribution in [0.25, 0.3) is 0 Å². The number of nitrogens with two attached hydrogens (primary N) is 1. The first-order valence-electron chi connectivity index (χ1n) is 8.66. The lowest BCUT2D eigenvalue weighted by Gasteiger charge is -2.46. The molecule has 3 atom stereocenters. The smallest absolute Gasteiger partial charge is 0.136 e. The fourth-order valence-electron chi connectivity index (χ4n) is 4.45. The molecular formula is C17H30N4. The molecule has 0 aliphatic heterocycles. The van der Waals surface area contributed by atoms with Crippen molar-refractivity contribution in [3.63, 3.8) is 0 Å². The van der Waals surface area contributed by atoms with Crippen molar-refractivity contribution < 1.29 is 0 Å². The fraction of sp³-hybridized carbons (Fsp3) is 0.882. The summed E-state index contributed by atoms with van der Waals surface area (Å²) in [6, 6.07) is 0.938. The van der Waals surface area contributed by atoms with E-state index in [9.17, 15) is 0 Å². The van der Waals surface area contributed by atoms with Crippen LogP contribution < -0.4 is 5.73 Å². The van der Waals surface area contributed by atoms with Crippen molar-refractivity contribution >= 4 is 0 Å². The molecule has 1 aromatic heterocycles. The van der Waals surface area contributed by atoms with Crippen LogP contribution in [-0.4, -0.2) is 20.8 Å². The Hall–Kier alpha value is -0.900. The Morgan fingerprint density at radius 2 is 1.86 bits per heavy atom. The molecule has 2 fully saturated rings. The van der Waals surface area contributed by atoms with Crippen LogP contribution in [0, 0.1) is 11.3 Å². The van der Waals surface area contributed by atoms with Crippen LogP contribution in [0.4, 0.5) is 0 Å².